The highest BCUT2D eigenvalue weighted by Crippen LogP contribution is 2.18. The van der Waals surface area contributed by atoms with Crippen LogP contribution >= 0.6 is 0 Å². The Bertz CT molecular complexity index is 918. The van der Waals surface area contributed by atoms with Gasteiger partial charge in [-0.05, 0) is 50.9 Å². The van der Waals surface area contributed by atoms with Crippen molar-refractivity contribution in [1.82, 2.24) is 26.2 Å². The van der Waals surface area contributed by atoms with E-state index in [1.165, 1.54) is 12.8 Å². The highest BCUT2D eigenvalue weighted by atomic mass is 16.5. The number of ether oxygens (including phenoxy) is 1. The fourth-order valence-electron chi connectivity index (χ4n) is 4.43. The van der Waals surface area contributed by atoms with Crippen molar-refractivity contribution in [3.8, 4) is 5.75 Å². The van der Waals surface area contributed by atoms with Crippen LogP contribution < -0.4 is 26.0 Å². The van der Waals surface area contributed by atoms with E-state index in [1.807, 2.05) is 0 Å². The zero-order valence-corrected chi connectivity index (χ0v) is 21.3. The van der Waals surface area contributed by atoms with Gasteiger partial charge < -0.3 is 36.0 Å². The van der Waals surface area contributed by atoms with Gasteiger partial charge in [0, 0.05) is 26.1 Å². The minimum atomic E-state index is -1.10. The molecule has 1 saturated heterocycles. The molecule has 1 fully saturated rings. The Morgan fingerprint density at radius 2 is 1.81 bits per heavy atom. The number of amides is 4. The van der Waals surface area contributed by atoms with E-state index in [-0.39, 0.29) is 37.5 Å². The van der Waals surface area contributed by atoms with E-state index >= 15 is 0 Å². The summed E-state index contributed by atoms with van der Waals surface area (Å²) in [6.45, 7) is 3.12. The second-order valence-electron chi connectivity index (χ2n) is 9.40. The van der Waals surface area contributed by atoms with Gasteiger partial charge in [0.1, 0.15) is 17.8 Å². The molecule has 1 unspecified atom stereocenters. The second-order valence-corrected chi connectivity index (χ2v) is 9.40. The largest absolute Gasteiger partial charge is 0.493 e. The van der Waals surface area contributed by atoms with Crippen LogP contribution in [0.4, 0.5) is 0 Å². The second kappa shape index (κ2) is 15.2. The zero-order chi connectivity index (χ0) is 26.5. The number of para-hydroxylation sites is 1. The molecule has 2 aliphatic rings. The summed E-state index contributed by atoms with van der Waals surface area (Å²) in [6, 6.07) is 4.67. The molecule has 3 rings (SSSR count). The first-order chi connectivity index (χ1) is 18.0. The summed E-state index contributed by atoms with van der Waals surface area (Å²) in [5, 5.41) is 20.4. The number of likely N-dealkylation sites (tertiary alicyclic amines) is 1. The van der Waals surface area contributed by atoms with Gasteiger partial charge >= 0.3 is 0 Å². The Labute approximate surface area is 217 Å². The molecule has 0 saturated carbocycles. The third kappa shape index (κ3) is 9.32. The van der Waals surface area contributed by atoms with Crippen molar-refractivity contribution in [2.75, 3.05) is 45.9 Å². The third-order valence-electron chi connectivity index (χ3n) is 6.55. The van der Waals surface area contributed by atoms with E-state index in [0.717, 1.165) is 32.5 Å². The summed E-state index contributed by atoms with van der Waals surface area (Å²) in [5.74, 6) is -1.49. The number of aliphatic hydroxyl groups is 1. The van der Waals surface area contributed by atoms with E-state index < -0.39 is 36.4 Å². The highest BCUT2D eigenvalue weighted by molar-refractivity contribution is 5.99. The lowest BCUT2D eigenvalue weighted by Gasteiger charge is -2.23. The van der Waals surface area contributed by atoms with Crippen molar-refractivity contribution >= 4 is 23.6 Å². The molecule has 4 amide bonds. The molecule has 1 aromatic carbocycles. The SMILES string of the molecule is O=C1CC[C@@H](C(=O)NCCN2CCCCCC2)NC(=O)c2ccccc2OCCCNC(=O)C(CO)N1. The fourth-order valence-corrected chi connectivity index (χ4v) is 4.43. The topological polar surface area (TPSA) is 149 Å². The Balaban J connectivity index is 1.70. The van der Waals surface area contributed by atoms with Crippen LogP contribution in [0.15, 0.2) is 24.3 Å². The summed E-state index contributed by atoms with van der Waals surface area (Å²) in [5.41, 5.74) is 0.283. The normalized spacial score (nSPS) is 22.9. The minimum absolute atomic E-state index is 0.0237. The Morgan fingerprint density at radius 3 is 2.57 bits per heavy atom. The molecule has 11 heteroatoms. The lowest BCUT2D eigenvalue weighted by Crippen LogP contribution is -2.51. The van der Waals surface area contributed by atoms with Gasteiger partial charge in [0.2, 0.25) is 17.7 Å². The first kappa shape index (κ1) is 28.4. The van der Waals surface area contributed by atoms with Gasteiger partial charge in [0.25, 0.3) is 5.91 Å². The summed E-state index contributed by atoms with van der Waals surface area (Å²) in [4.78, 5) is 53.4. The highest BCUT2D eigenvalue weighted by Gasteiger charge is 2.26. The molecule has 11 nitrogen and oxygen atoms in total. The number of fused-ring (bicyclic) bond motifs is 1. The van der Waals surface area contributed by atoms with Crippen LogP contribution in [-0.2, 0) is 14.4 Å². The number of hydrogen-bond donors (Lipinski definition) is 5. The van der Waals surface area contributed by atoms with Crippen molar-refractivity contribution in [2.45, 2.75) is 57.0 Å². The van der Waals surface area contributed by atoms with Crippen molar-refractivity contribution in [2.24, 2.45) is 0 Å². The number of rotatable bonds is 5. The lowest BCUT2D eigenvalue weighted by molar-refractivity contribution is -0.130. The van der Waals surface area contributed by atoms with E-state index in [4.69, 9.17) is 4.74 Å². The molecule has 0 bridgehead atoms. The van der Waals surface area contributed by atoms with E-state index in [9.17, 15) is 24.3 Å². The molecule has 0 aromatic heterocycles. The molecule has 0 spiro atoms. The van der Waals surface area contributed by atoms with Gasteiger partial charge in [-0.1, -0.05) is 25.0 Å². The van der Waals surface area contributed by atoms with Gasteiger partial charge in [-0.3, -0.25) is 19.2 Å². The standard InChI is InChI=1S/C26H39N5O6/c32-18-21-26(36)27-12-7-17-37-22-9-4-3-8-19(22)24(34)30-20(10-11-23(33)29-21)25(35)28-13-16-31-14-5-1-2-6-15-31/h3-4,8-9,20-21,32H,1-2,5-7,10-18H2,(H,27,36)(H,28,35)(H,29,33)(H,30,34)/t20-,21?/m0/s1. The predicted octanol–water partition coefficient (Wildman–Crippen LogP) is -0.0668. The summed E-state index contributed by atoms with van der Waals surface area (Å²) < 4.78 is 5.76. The molecular formula is C26H39N5O6. The third-order valence-corrected chi connectivity index (χ3v) is 6.55. The number of carbonyl (C=O) groups is 4. The van der Waals surface area contributed by atoms with Crippen molar-refractivity contribution in [3.05, 3.63) is 29.8 Å². The zero-order valence-electron chi connectivity index (χ0n) is 21.3. The molecule has 0 aliphatic carbocycles. The molecule has 5 N–H and O–H groups in total. The average Bonchev–Trinajstić information content (AvgIpc) is 3.17. The summed E-state index contributed by atoms with van der Waals surface area (Å²) in [6.07, 6.45) is 5.11. The monoisotopic (exact) mass is 517 g/mol. The van der Waals surface area contributed by atoms with E-state index in [2.05, 4.69) is 26.2 Å². The maximum absolute atomic E-state index is 13.1. The van der Waals surface area contributed by atoms with Gasteiger partial charge in [0.05, 0.1) is 18.8 Å². The Morgan fingerprint density at radius 1 is 1.05 bits per heavy atom. The van der Waals surface area contributed by atoms with Crippen molar-refractivity contribution < 1.29 is 29.0 Å². The fraction of sp³-hybridized carbons (Fsp3) is 0.615. The van der Waals surface area contributed by atoms with Crippen LogP contribution in [0.2, 0.25) is 0 Å². The molecule has 2 atom stereocenters. The number of nitrogens with zero attached hydrogens (tertiary/aromatic N) is 1. The number of carbonyl (C=O) groups excluding carboxylic acids is 4. The number of aliphatic hydroxyl groups excluding tert-OH is 1. The number of nitrogens with one attached hydrogen (secondary N) is 4. The molecule has 204 valence electrons. The molecule has 1 aromatic rings. The summed E-state index contributed by atoms with van der Waals surface area (Å²) >= 11 is 0. The first-order valence-electron chi connectivity index (χ1n) is 13.2. The average molecular weight is 518 g/mol. The van der Waals surface area contributed by atoms with E-state index in [0.29, 0.717) is 18.7 Å². The maximum Gasteiger partial charge on any atom is 0.255 e. The molecule has 37 heavy (non-hydrogen) atoms. The molecule has 2 aliphatic heterocycles. The smallest absolute Gasteiger partial charge is 0.255 e. The van der Waals surface area contributed by atoms with Crippen LogP contribution in [-0.4, -0.2) is 91.7 Å². The molecule has 2 heterocycles. The van der Waals surface area contributed by atoms with Gasteiger partial charge in [-0.2, -0.15) is 0 Å². The lowest BCUT2D eigenvalue weighted by atomic mass is 10.1. The molecular weight excluding hydrogens is 478 g/mol. The number of benzene rings is 1. The maximum atomic E-state index is 13.1. The Hall–Kier alpha value is -3.18. The van der Waals surface area contributed by atoms with E-state index in [1.54, 1.807) is 24.3 Å². The van der Waals surface area contributed by atoms with Crippen LogP contribution in [0.5, 0.6) is 5.75 Å². The van der Waals surface area contributed by atoms with Gasteiger partial charge in [0.15, 0.2) is 0 Å². The van der Waals surface area contributed by atoms with Crippen LogP contribution in [0.25, 0.3) is 0 Å². The van der Waals surface area contributed by atoms with Gasteiger partial charge in [-0.15, -0.1) is 0 Å². The first-order valence-corrected chi connectivity index (χ1v) is 13.2. The quantitative estimate of drug-likeness (QED) is 0.367. The summed E-state index contributed by atoms with van der Waals surface area (Å²) in [7, 11) is 0. The van der Waals surface area contributed by atoms with Crippen LogP contribution in [0.3, 0.4) is 0 Å². The van der Waals surface area contributed by atoms with Gasteiger partial charge in [-0.25, -0.2) is 0 Å². The van der Waals surface area contributed by atoms with Crippen LogP contribution in [0.1, 0.15) is 55.3 Å². The minimum Gasteiger partial charge on any atom is -0.493 e. The van der Waals surface area contributed by atoms with Crippen LogP contribution in [0, 0.1) is 0 Å². The van der Waals surface area contributed by atoms with Crippen molar-refractivity contribution in [3.63, 3.8) is 0 Å². The predicted molar refractivity (Wildman–Crippen MR) is 137 cm³/mol. The number of hydrogen-bond acceptors (Lipinski definition) is 7. The molecule has 0 radical (unpaired) electrons. The van der Waals surface area contributed by atoms with Crippen molar-refractivity contribution in [1.29, 1.82) is 0 Å². The Kier molecular flexibility index (Phi) is 11.6.